The van der Waals surface area contributed by atoms with Crippen LogP contribution in [0.15, 0.2) is 46.8 Å². The van der Waals surface area contributed by atoms with Gasteiger partial charge < -0.3 is 5.11 Å². The van der Waals surface area contributed by atoms with Crippen LogP contribution in [0.5, 0.6) is 0 Å². The largest absolute Gasteiger partial charge is 0.511 e. The standard InChI is InChI=1S/C16H20N2O2/c1-11-14(13(19)10-16(2,3)4)15(20)18(17-11)12-8-6-5-7-9-12/h5-9,19H,10H2,1-4H3/b14-13-. The van der Waals surface area contributed by atoms with Crippen molar-refractivity contribution in [1.29, 1.82) is 0 Å². The molecule has 106 valence electrons. The van der Waals surface area contributed by atoms with E-state index in [0.717, 1.165) is 0 Å². The first-order valence-electron chi connectivity index (χ1n) is 6.67. The number of benzene rings is 1. The molecular formula is C16H20N2O2. The molecule has 0 radical (unpaired) electrons. The molecule has 0 unspecified atom stereocenters. The van der Waals surface area contributed by atoms with Crippen LogP contribution in [0, 0.1) is 5.41 Å². The molecule has 20 heavy (non-hydrogen) atoms. The first-order valence-corrected chi connectivity index (χ1v) is 6.67. The van der Waals surface area contributed by atoms with Gasteiger partial charge >= 0.3 is 0 Å². The Balaban J connectivity index is 2.35. The van der Waals surface area contributed by atoms with Crippen LogP contribution in [0.3, 0.4) is 0 Å². The summed E-state index contributed by atoms with van der Waals surface area (Å²) < 4.78 is 0. The average Bonchev–Trinajstić information content (AvgIpc) is 2.64. The van der Waals surface area contributed by atoms with Gasteiger partial charge in [0.15, 0.2) is 0 Å². The second-order valence-corrected chi connectivity index (χ2v) is 6.20. The van der Waals surface area contributed by atoms with Gasteiger partial charge in [0.05, 0.1) is 11.4 Å². The van der Waals surface area contributed by atoms with Crippen molar-refractivity contribution in [1.82, 2.24) is 0 Å². The van der Waals surface area contributed by atoms with Crippen molar-refractivity contribution < 1.29 is 9.90 Å². The van der Waals surface area contributed by atoms with Gasteiger partial charge in [0.25, 0.3) is 5.91 Å². The van der Waals surface area contributed by atoms with E-state index in [1.54, 1.807) is 6.92 Å². The molecule has 1 heterocycles. The van der Waals surface area contributed by atoms with Crippen LogP contribution in [0.2, 0.25) is 0 Å². The summed E-state index contributed by atoms with van der Waals surface area (Å²) in [7, 11) is 0. The van der Waals surface area contributed by atoms with Crippen LogP contribution >= 0.6 is 0 Å². The van der Waals surface area contributed by atoms with E-state index in [1.807, 2.05) is 51.1 Å². The molecule has 4 heteroatoms. The first kappa shape index (κ1) is 14.3. The maximum absolute atomic E-state index is 12.4. The fourth-order valence-electron chi connectivity index (χ4n) is 2.17. The lowest BCUT2D eigenvalue weighted by Gasteiger charge is -2.18. The number of carbonyl (C=O) groups excluding carboxylic acids is 1. The summed E-state index contributed by atoms with van der Waals surface area (Å²) in [6.07, 6.45) is 0.448. The lowest BCUT2D eigenvalue weighted by Crippen LogP contribution is -2.23. The summed E-state index contributed by atoms with van der Waals surface area (Å²) in [5.41, 5.74) is 1.50. The third kappa shape index (κ3) is 2.90. The highest BCUT2D eigenvalue weighted by atomic mass is 16.3. The van der Waals surface area contributed by atoms with Gasteiger partial charge in [0.1, 0.15) is 11.3 Å². The highest BCUT2D eigenvalue weighted by Gasteiger charge is 2.32. The number of carbonyl (C=O) groups is 1. The van der Waals surface area contributed by atoms with Gasteiger partial charge in [-0.1, -0.05) is 39.0 Å². The molecule has 1 N–H and O–H groups in total. The molecular weight excluding hydrogens is 252 g/mol. The number of hydrogen-bond acceptors (Lipinski definition) is 3. The smallest absolute Gasteiger partial charge is 0.284 e. The zero-order chi connectivity index (χ0) is 14.9. The Bertz CT molecular complexity index is 580. The number of aliphatic hydroxyl groups excluding tert-OH is 1. The van der Waals surface area contributed by atoms with Crippen molar-refractivity contribution in [2.75, 3.05) is 5.01 Å². The van der Waals surface area contributed by atoms with Gasteiger partial charge in [-0.15, -0.1) is 0 Å². The average molecular weight is 272 g/mol. The second-order valence-electron chi connectivity index (χ2n) is 6.20. The fraction of sp³-hybridized carbons (Fsp3) is 0.375. The van der Waals surface area contributed by atoms with E-state index in [2.05, 4.69) is 5.10 Å². The minimum atomic E-state index is -0.268. The van der Waals surface area contributed by atoms with Gasteiger partial charge in [-0.25, -0.2) is 0 Å². The van der Waals surface area contributed by atoms with Crippen molar-refractivity contribution in [3.63, 3.8) is 0 Å². The molecule has 0 saturated heterocycles. The highest BCUT2D eigenvalue weighted by molar-refractivity contribution is 6.30. The van der Waals surface area contributed by atoms with Crippen LogP contribution < -0.4 is 5.01 Å². The van der Waals surface area contributed by atoms with Gasteiger partial charge in [-0.2, -0.15) is 10.1 Å². The lowest BCUT2D eigenvalue weighted by atomic mass is 9.89. The Labute approximate surface area is 119 Å². The van der Waals surface area contributed by atoms with Crippen LogP contribution in [-0.4, -0.2) is 16.7 Å². The fourth-order valence-corrected chi connectivity index (χ4v) is 2.17. The maximum Gasteiger partial charge on any atom is 0.284 e. The molecule has 0 saturated carbocycles. The topological polar surface area (TPSA) is 52.9 Å². The number of aliphatic hydroxyl groups is 1. The van der Waals surface area contributed by atoms with Crippen LogP contribution in [0.1, 0.15) is 34.1 Å². The number of rotatable bonds is 2. The third-order valence-corrected chi connectivity index (χ3v) is 3.01. The second kappa shape index (κ2) is 5.12. The van der Waals surface area contributed by atoms with Crippen molar-refractivity contribution in [2.24, 2.45) is 10.5 Å². The van der Waals surface area contributed by atoms with Gasteiger partial charge in [0.2, 0.25) is 0 Å². The quantitative estimate of drug-likeness (QED) is 0.660. The molecule has 0 aromatic heterocycles. The minimum Gasteiger partial charge on any atom is -0.511 e. The monoisotopic (exact) mass is 272 g/mol. The van der Waals surface area contributed by atoms with E-state index in [9.17, 15) is 9.90 Å². The van der Waals surface area contributed by atoms with Crippen molar-refractivity contribution >= 4 is 17.3 Å². The summed E-state index contributed by atoms with van der Waals surface area (Å²) in [6, 6.07) is 9.22. The Morgan fingerprint density at radius 3 is 2.40 bits per heavy atom. The Hall–Kier alpha value is -2.10. The van der Waals surface area contributed by atoms with Crippen molar-refractivity contribution in [3.05, 3.63) is 41.7 Å². The molecule has 4 nitrogen and oxygen atoms in total. The maximum atomic E-state index is 12.4. The number of amides is 1. The molecule has 2 rings (SSSR count). The predicted octanol–water partition coefficient (Wildman–Crippen LogP) is 3.66. The predicted molar refractivity (Wildman–Crippen MR) is 80.8 cm³/mol. The summed E-state index contributed by atoms with van der Waals surface area (Å²) in [6.45, 7) is 7.80. The van der Waals surface area contributed by atoms with Gasteiger partial charge in [-0.05, 0) is 24.5 Å². The summed E-state index contributed by atoms with van der Waals surface area (Å²) in [5, 5.41) is 15.8. The van der Waals surface area contributed by atoms with E-state index in [1.165, 1.54) is 5.01 Å². The summed E-state index contributed by atoms with van der Waals surface area (Å²) in [5.74, 6) is -0.155. The molecule has 0 fully saturated rings. The third-order valence-electron chi connectivity index (χ3n) is 3.01. The Morgan fingerprint density at radius 2 is 1.85 bits per heavy atom. The normalized spacial score (nSPS) is 18.3. The molecule has 1 aliphatic heterocycles. The molecule has 1 aromatic carbocycles. The van der Waals surface area contributed by atoms with Crippen LogP contribution in [0.4, 0.5) is 5.69 Å². The molecule has 0 atom stereocenters. The van der Waals surface area contributed by atoms with Crippen molar-refractivity contribution in [3.8, 4) is 0 Å². The number of hydrazone groups is 1. The van der Waals surface area contributed by atoms with E-state index in [0.29, 0.717) is 23.4 Å². The molecule has 1 amide bonds. The number of nitrogens with zero attached hydrogens (tertiary/aromatic N) is 2. The number of anilines is 1. The number of hydrogen-bond donors (Lipinski definition) is 1. The zero-order valence-corrected chi connectivity index (χ0v) is 12.3. The molecule has 0 bridgehead atoms. The van der Waals surface area contributed by atoms with Crippen molar-refractivity contribution in [2.45, 2.75) is 34.1 Å². The summed E-state index contributed by atoms with van der Waals surface area (Å²) in [4.78, 5) is 12.4. The highest BCUT2D eigenvalue weighted by Crippen LogP contribution is 2.29. The zero-order valence-electron chi connectivity index (χ0n) is 12.3. The molecule has 0 aliphatic carbocycles. The Morgan fingerprint density at radius 1 is 1.25 bits per heavy atom. The Kier molecular flexibility index (Phi) is 3.66. The first-order chi connectivity index (χ1) is 9.29. The van der Waals surface area contributed by atoms with E-state index < -0.39 is 0 Å². The van der Waals surface area contributed by atoms with E-state index >= 15 is 0 Å². The van der Waals surface area contributed by atoms with E-state index in [4.69, 9.17) is 0 Å². The molecule has 0 spiro atoms. The molecule has 1 aliphatic rings. The lowest BCUT2D eigenvalue weighted by molar-refractivity contribution is -0.114. The van der Waals surface area contributed by atoms with Gasteiger partial charge in [0, 0.05) is 6.42 Å². The SMILES string of the molecule is CC1=NN(c2ccccc2)C(=O)/C1=C(\O)CC(C)(C)C. The minimum absolute atomic E-state index is 0.0855. The van der Waals surface area contributed by atoms with Gasteiger partial charge in [-0.3, -0.25) is 4.79 Å². The van der Waals surface area contributed by atoms with Crippen LogP contribution in [-0.2, 0) is 4.79 Å². The summed E-state index contributed by atoms with van der Waals surface area (Å²) >= 11 is 0. The number of para-hydroxylation sites is 1. The molecule has 1 aromatic rings. The number of allylic oxidation sites excluding steroid dienone is 1. The van der Waals surface area contributed by atoms with E-state index in [-0.39, 0.29) is 17.1 Å². The van der Waals surface area contributed by atoms with Crippen LogP contribution in [0.25, 0.3) is 0 Å².